The largest absolute Gasteiger partial charge is 0.419 e. The third-order valence-corrected chi connectivity index (χ3v) is 5.17. The molecule has 1 aromatic carbocycles. The molecule has 236 valence electrons. The van der Waals surface area contributed by atoms with Crippen LogP contribution in [-0.4, -0.2) is 56.9 Å². The van der Waals surface area contributed by atoms with E-state index in [9.17, 15) is 89.1 Å². The van der Waals surface area contributed by atoms with E-state index in [2.05, 4.69) is 0 Å². The number of aromatic nitrogens is 3. The number of anilines is 2. The molecular weight excluding hydrogens is 648 g/mol. The second kappa shape index (κ2) is 9.88. The Labute approximate surface area is 216 Å². The second-order valence-corrected chi connectivity index (χ2v) is 7.73. The van der Waals surface area contributed by atoms with Crippen LogP contribution in [-0.2, 0) is 10.8 Å². The van der Waals surface area contributed by atoms with Gasteiger partial charge in [0.05, 0.1) is 4.92 Å². The number of non-ortho nitro benzene ring substituents is 1. The van der Waals surface area contributed by atoms with E-state index in [0.29, 0.717) is 18.2 Å². The lowest BCUT2D eigenvalue weighted by Crippen LogP contribution is -2.66. The predicted octanol–water partition coefficient (Wildman–Crippen LogP) is 7.37. The Balaban J connectivity index is 3.28. The highest BCUT2D eigenvalue weighted by atomic mass is 19.4. The van der Waals surface area contributed by atoms with Crippen molar-refractivity contribution in [2.45, 2.75) is 47.9 Å². The summed E-state index contributed by atoms with van der Waals surface area (Å²) in [4.78, 5) is 14.8. The molecule has 0 saturated heterocycles. The molecule has 0 fully saturated rings. The average Bonchev–Trinajstić information content (AvgIpc) is 2.67. The molecule has 25 heteroatoms. The van der Waals surface area contributed by atoms with Gasteiger partial charge in [-0.2, -0.15) is 89.0 Å². The van der Waals surface area contributed by atoms with E-state index >= 15 is 0 Å². The van der Waals surface area contributed by atoms with E-state index in [0.717, 1.165) is 5.32 Å². The standard InChI is InChI=1S/C17H5F18N5O2/c18-12(19,20)10(13(21,22)23,14(24,25)26)7-37-8(11(15(27,28)29,16(30,31)32)17(33,34)35)39-9(38-7)36-5-2-1-3-6(4-5)40(41)42/h1-4H,(H,36,37,38,39). The summed E-state index contributed by atoms with van der Waals surface area (Å²) in [5.74, 6) is -10.9. The van der Waals surface area contributed by atoms with Crippen LogP contribution in [0.25, 0.3) is 0 Å². The number of alkyl halides is 18. The van der Waals surface area contributed by atoms with Gasteiger partial charge in [-0.25, -0.2) is 4.98 Å². The van der Waals surface area contributed by atoms with Gasteiger partial charge in [-0.3, -0.25) is 10.1 Å². The zero-order valence-electron chi connectivity index (χ0n) is 18.7. The van der Waals surface area contributed by atoms with Crippen LogP contribution in [0, 0.1) is 10.1 Å². The van der Waals surface area contributed by atoms with Gasteiger partial charge in [0, 0.05) is 17.8 Å². The van der Waals surface area contributed by atoms with Crippen molar-refractivity contribution in [2.75, 3.05) is 5.32 Å². The number of rotatable bonds is 5. The molecule has 0 amide bonds. The molecule has 7 nitrogen and oxygen atoms in total. The van der Waals surface area contributed by atoms with Gasteiger partial charge in [0.25, 0.3) is 5.69 Å². The summed E-state index contributed by atoms with van der Waals surface area (Å²) in [7, 11) is 0. The van der Waals surface area contributed by atoms with E-state index in [1.165, 1.54) is 4.98 Å². The normalized spacial score (nSPS) is 14.6. The van der Waals surface area contributed by atoms with Crippen LogP contribution in [0.2, 0.25) is 0 Å². The Bertz CT molecular complexity index is 1180. The van der Waals surface area contributed by atoms with Crippen molar-refractivity contribution in [3.8, 4) is 0 Å². The molecule has 0 unspecified atom stereocenters. The Morgan fingerprint density at radius 3 is 1.19 bits per heavy atom. The molecule has 0 aliphatic rings. The number of nitrogens with zero attached hydrogens (tertiary/aromatic N) is 4. The summed E-state index contributed by atoms with van der Waals surface area (Å²) < 4.78 is 244. The topological polar surface area (TPSA) is 93.8 Å². The first-order valence-corrected chi connectivity index (χ1v) is 9.65. The van der Waals surface area contributed by atoms with Crippen molar-refractivity contribution in [1.82, 2.24) is 15.0 Å². The molecule has 0 atom stereocenters. The summed E-state index contributed by atoms with van der Waals surface area (Å²) in [6.45, 7) is 0. The second-order valence-electron chi connectivity index (χ2n) is 7.73. The van der Waals surface area contributed by atoms with Gasteiger partial charge in [0.15, 0.2) is 11.6 Å². The molecule has 0 aliphatic carbocycles. The summed E-state index contributed by atoms with van der Waals surface area (Å²) in [5.41, 5.74) is -17.4. The maximum absolute atomic E-state index is 13.6. The molecule has 1 N–H and O–H groups in total. The molecule has 0 aliphatic heterocycles. The lowest BCUT2D eigenvalue weighted by molar-refractivity contribution is -0.391. The van der Waals surface area contributed by atoms with Crippen molar-refractivity contribution < 1.29 is 84.0 Å². The summed E-state index contributed by atoms with van der Waals surface area (Å²) >= 11 is 0. The highest BCUT2D eigenvalue weighted by Crippen LogP contribution is 2.62. The molecule has 0 radical (unpaired) electrons. The quantitative estimate of drug-likeness (QED) is 0.206. The molecule has 2 aromatic rings. The fraction of sp³-hybridized carbons (Fsp3) is 0.471. The van der Waals surface area contributed by atoms with Crippen LogP contribution in [0.5, 0.6) is 0 Å². The molecule has 2 rings (SSSR count). The van der Waals surface area contributed by atoms with Crippen LogP contribution in [0.15, 0.2) is 24.3 Å². The van der Waals surface area contributed by atoms with Gasteiger partial charge in [-0.05, 0) is 6.07 Å². The van der Waals surface area contributed by atoms with Crippen LogP contribution < -0.4 is 5.32 Å². The molecule has 1 heterocycles. The first kappa shape index (κ1) is 34.4. The number of hydrogen-bond acceptors (Lipinski definition) is 6. The lowest BCUT2D eigenvalue weighted by atomic mass is 9.82. The smallest absolute Gasteiger partial charge is 0.324 e. The van der Waals surface area contributed by atoms with Crippen molar-refractivity contribution in [1.29, 1.82) is 0 Å². The fourth-order valence-electron chi connectivity index (χ4n) is 3.32. The lowest BCUT2D eigenvalue weighted by Gasteiger charge is -2.39. The van der Waals surface area contributed by atoms with E-state index < -0.39 is 81.8 Å². The van der Waals surface area contributed by atoms with E-state index in [1.807, 2.05) is 9.97 Å². The summed E-state index contributed by atoms with van der Waals surface area (Å²) in [6, 6.07) is 1.86. The van der Waals surface area contributed by atoms with Crippen LogP contribution in [0.3, 0.4) is 0 Å². The van der Waals surface area contributed by atoms with Gasteiger partial charge in [0.2, 0.25) is 5.95 Å². The SMILES string of the molecule is O=[N+]([O-])c1cccc(Nc2nc(C(C(F)(F)F)(C(F)(F)F)C(F)(F)F)nc(C(C(F)(F)F)(C(F)(F)F)C(F)(F)F)n2)c1. The third-order valence-electron chi connectivity index (χ3n) is 5.17. The zero-order valence-corrected chi connectivity index (χ0v) is 18.7. The minimum Gasteiger partial charge on any atom is -0.324 e. The Kier molecular flexibility index (Phi) is 8.08. The van der Waals surface area contributed by atoms with Crippen molar-refractivity contribution >= 4 is 17.3 Å². The minimum absolute atomic E-state index is 0.193. The first-order chi connectivity index (χ1) is 18.5. The highest BCUT2D eigenvalue weighted by Gasteiger charge is 2.89. The number of hydrogen-bond donors (Lipinski definition) is 1. The van der Waals surface area contributed by atoms with Crippen LogP contribution in [0.1, 0.15) is 11.6 Å². The number of nitro benzene ring substituents is 1. The van der Waals surface area contributed by atoms with Crippen LogP contribution in [0.4, 0.5) is 96.4 Å². The maximum atomic E-state index is 13.6. The van der Waals surface area contributed by atoms with Crippen molar-refractivity contribution in [3.05, 3.63) is 46.0 Å². The molecular formula is C17H5F18N5O2. The van der Waals surface area contributed by atoms with Gasteiger partial charge in [0.1, 0.15) is 0 Å². The summed E-state index contributed by atoms with van der Waals surface area (Å²) in [5, 5.41) is 12.0. The monoisotopic (exact) mass is 653 g/mol. The number of benzene rings is 1. The predicted molar refractivity (Wildman–Crippen MR) is 95.9 cm³/mol. The first-order valence-electron chi connectivity index (χ1n) is 9.65. The van der Waals surface area contributed by atoms with E-state index in [1.54, 1.807) is 0 Å². The molecule has 0 spiro atoms. The number of halogens is 18. The number of nitrogens with one attached hydrogen (secondary N) is 1. The van der Waals surface area contributed by atoms with Gasteiger partial charge < -0.3 is 5.32 Å². The van der Waals surface area contributed by atoms with Crippen molar-refractivity contribution in [3.63, 3.8) is 0 Å². The fourth-order valence-corrected chi connectivity index (χ4v) is 3.32. The van der Waals surface area contributed by atoms with E-state index in [-0.39, 0.29) is 6.07 Å². The molecule has 1 aromatic heterocycles. The van der Waals surface area contributed by atoms with Gasteiger partial charge in [-0.15, -0.1) is 0 Å². The minimum atomic E-state index is -7.83. The third kappa shape index (κ3) is 5.27. The Hall–Kier alpha value is -3.83. The molecule has 0 saturated carbocycles. The van der Waals surface area contributed by atoms with E-state index in [4.69, 9.17) is 0 Å². The Morgan fingerprint density at radius 1 is 0.571 bits per heavy atom. The van der Waals surface area contributed by atoms with Gasteiger partial charge in [-0.1, -0.05) is 6.07 Å². The maximum Gasteiger partial charge on any atom is 0.419 e. The highest BCUT2D eigenvalue weighted by molar-refractivity contribution is 5.57. The zero-order chi connectivity index (χ0) is 33.1. The summed E-state index contributed by atoms with van der Waals surface area (Å²) in [6.07, 6.45) is -47.0. The Morgan fingerprint density at radius 2 is 0.905 bits per heavy atom. The average molecular weight is 653 g/mol. The van der Waals surface area contributed by atoms with Gasteiger partial charge >= 0.3 is 47.9 Å². The number of nitro groups is 1. The van der Waals surface area contributed by atoms with Crippen molar-refractivity contribution in [2.24, 2.45) is 0 Å². The molecule has 42 heavy (non-hydrogen) atoms. The molecule has 0 bridgehead atoms. The van der Waals surface area contributed by atoms with Crippen LogP contribution >= 0.6 is 0 Å².